The van der Waals surface area contributed by atoms with Gasteiger partial charge in [0.05, 0.1) is 32.2 Å². The molecule has 8 nitrogen and oxygen atoms in total. The second kappa shape index (κ2) is 8.12. The lowest BCUT2D eigenvalue weighted by Gasteiger charge is -2.37. The predicted molar refractivity (Wildman–Crippen MR) is 104 cm³/mol. The summed E-state index contributed by atoms with van der Waals surface area (Å²) in [4.78, 5) is 23.2. The zero-order valence-electron chi connectivity index (χ0n) is 15.9. The van der Waals surface area contributed by atoms with E-state index >= 15 is 0 Å². The summed E-state index contributed by atoms with van der Waals surface area (Å²) in [6.07, 6.45) is 4.75. The number of hydrogen-bond acceptors (Lipinski definition) is 7. The fraction of sp³-hybridized carbons (Fsp3) is 0.450. The number of anilines is 2. The highest BCUT2D eigenvalue weighted by molar-refractivity contribution is 6.02. The average molecular weight is 384 g/mol. The summed E-state index contributed by atoms with van der Waals surface area (Å²) >= 11 is 0. The highest BCUT2D eigenvalue weighted by Crippen LogP contribution is 2.32. The van der Waals surface area contributed by atoms with E-state index in [0.29, 0.717) is 25.5 Å². The third kappa shape index (κ3) is 4.07. The summed E-state index contributed by atoms with van der Waals surface area (Å²) in [7, 11) is 0. The van der Waals surface area contributed by atoms with Crippen LogP contribution in [0.4, 0.5) is 11.5 Å². The van der Waals surface area contributed by atoms with Gasteiger partial charge in [-0.05, 0) is 31.2 Å². The maximum absolute atomic E-state index is 12.4. The van der Waals surface area contributed by atoms with Gasteiger partial charge in [0, 0.05) is 31.6 Å². The van der Waals surface area contributed by atoms with Crippen LogP contribution in [0.3, 0.4) is 0 Å². The van der Waals surface area contributed by atoms with Crippen LogP contribution in [0, 0.1) is 0 Å². The van der Waals surface area contributed by atoms with Crippen molar-refractivity contribution in [3.8, 4) is 5.75 Å². The summed E-state index contributed by atoms with van der Waals surface area (Å²) in [5.74, 6) is 0.807. The normalized spacial score (nSPS) is 18.2. The van der Waals surface area contributed by atoms with Gasteiger partial charge >= 0.3 is 0 Å². The minimum absolute atomic E-state index is 0.272. The number of carbonyl (C=O) groups excluding carboxylic acids is 1. The van der Waals surface area contributed by atoms with Crippen molar-refractivity contribution in [3.05, 3.63) is 42.4 Å². The lowest BCUT2D eigenvalue weighted by molar-refractivity contribution is -0.169. The van der Waals surface area contributed by atoms with E-state index in [-0.39, 0.29) is 11.6 Å². The van der Waals surface area contributed by atoms with Crippen molar-refractivity contribution in [2.24, 2.45) is 0 Å². The number of rotatable bonds is 5. The molecule has 1 aromatic carbocycles. The first-order valence-electron chi connectivity index (χ1n) is 9.57. The van der Waals surface area contributed by atoms with Crippen molar-refractivity contribution in [2.45, 2.75) is 25.6 Å². The topological polar surface area (TPSA) is 85.8 Å². The Hall–Kier alpha value is -2.71. The average Bonchev–Trinajstić information content (AvgIpc) is 3.18. The van der Waals surface area contributed by atoms with Gasteiger partial charge in [-0.25, -0.2) is 9.97 Å². The van der Waals surface area contributed by atoms with E-state index in [1.807, 2.05) is 19.1 Å². The van der Waals surface area contributed by atoms with E-state index < -0.39 is 5.79 Å². The molecule has 28 heavy (non-hydrogen) atoms. The molecule has 148 valence electrons. The first-order chi connectivity index (χ1) is 13.7. The minimum Gasteiger partial charge on any atom is -0.494 e. The molecule has 2 saturated heterocycles. The molecule has 0 saturated carbocycles. The van der Waals surface area contributed by atoms with Gasteiger partial charge in [-0.2, -0.15) is 0 Å². The van der Waals surface area contributed by atoms with E-state index in [9.17, 15) is 4.79 Å². The Morgan fingerprint density at radius 2 is 1.86 bits per heavy atom. The van der Waals surface area contributed by atoms with Crippen molar-refractivity contribution in [1.82, 2.24) is 9.97 Å². The summed E-state index contributed by atoms with van der Waals surface area (Å²) in [5, 5.41) is 2.82. The summed E-state index contributed by atoms with van der Waals surface area (Å²) in [6.45, 7) is 5.43. The number of amides is 1. The van der Waals surface area contributed by atoms with Crippen LogP contribution in [0.1, 0.15) is 30.3 Å². The molecule has 0 radical (unpaired) electrons. The van der Waals surface area contributed by atoms with Crippen LogP contribution in [0.25, 0.3) is 0 Å². The number of ether oxygens (including phenoxy) is 3. The zero-order chi connectivity index (χ0) is 19.4. The summed E-state index contributed by atoms with van der Waals surface area (Å²) in [5.41, 5.74) is 0.950. The van der Waals surface area contributed by atoms with E-state index in [1.54, 1.807) is 18.3 Å². The van der Waals surface area contributed by atoms with Crippen LogP contribution >= 0.6 is 0 Å². The monoisotopic (exact) mass is 384 g/mol. The van der Waals surface area contributed by atoms with Crippen molar-refractivity contribution >= 4 is 17.4 Å². The SMILES string of the molecule is CCOc1ccc(NC(=O)c2cnc(N3CCC4(CC3)OCCO4)cn2)cc1. The van der Waals surface area contributed by atoms with Gasteiger partial charge in [0.25, 0.3) is 5.91 Å². The minimum atomic E-state index is -0.415. The van der Waals surface area contributed by atoms with Gasteiger partial charge in [-0.3, -0.25) is 4.79 Å². The molecule has 0 atom stereocenters. The second-order valence-electron chi connectivity index (χ2n) is 6.77. The number of hydrogen-bond donors (Lipinski definition) is 1. The number of carbonyl (C=O) groups is 1. The lowest BCUT2D eigenvalue weighted by Crippen LogP contribution is -2.45. The first kappa shape index (κ1) is 18.6. The Kier molecular flexibility index (Phi) is 5.40. The highest BCUT2D eigenvalue weighted by atomic mass is 16.7. The lowest BCUT2D eigenvalue weighted by atomic mass is 10.0. The molecule has 2 aliphatic rings. The second-order valence-corrected chi connectivity index (χ2v) is 6.77. The fourth-order valence-corrected chi connectivity index (χ4v) is 3.46. The Bertz CT molecular complexity index is 794. The molecule has 8 heteroatoms. The molecule has 2 aliphatic heterocycles. The third-order valence-corrected chi connectivity index (χ3v) is 4.96. The van der Waals surface area contributed by atoms with Crippen LogP contribution in [0.15, 0.2) is 36.7 Å². The Balaban J connectivity index is 1.34. The maximum atomic E-state index is 12.4. The van der Waals surface area contributed by atoms with Crippen molar-refractivity contribution in [1.29, 1.82) is 0 Å². The summed E-state index contributed by atoms with van der Waals surface area (Å²) in [6, 6.07) is 7.21. The molecule has 1 aromatic heterocycles. The number of nitrogens with one attached hydrogen (secondary N) is 1. The molecule has 4 rings (SSSR count). The number of aromatic nitrogens is 2. The van der Waals surface area contributed by atoms with Gasteiger partial charge in [-0.15, -0.1) is 0 Å². The van der Waals surface area contributed by atoms with Crippen LogP contribution in [0.2, 0.25) is 0 Å². The smallest absolute Gasteiger partial charge is 0.275 e. The van der Waals surface area contributed by atoms with E-state index in [0.717, 1.165) is 37.5 Å². The van der Waals surface area contributed by atoms with Gasteiger partial charge in [0.2, 0.25) is 0 Å². The molecular formula is C20H24N4O4. The molecular weight excluding hydrogens is 360 g/mol. The quantitative estimate of drug-likeness (QED) is 0.847. The molecule has 1 N–H and O–H groups in total. The Morgan fingerprint density at radius 3 is 2.46 bits per heavy atom. The van der Waals surface area contributed by atoms with Crippen molar-refractivity contribution < 1.29 is 19.0 Å². The van der Waals surface area contributed by atoms with Crippen molar-refractivity contribution in [2.75, 3.05) is 43.1 Å². The molecule has 2 aromatic rings. The molecule has 3 heterocycles. The van der Waals surface area contributed by atoms with Crippen molar-refractivity contribution in [3.63, 3.8) is 0 Å². The van der Waals surface area contributed by atoms with E-state index in [2.05, 4.69) is 20.2 Å². The fourth-order valence-electron chi connectivity index (χ4n) is 3.46. The maximum Gasteiger partial charge on any atom is 0.275 e. The molecule has 2 fully saturated rings. The largest absolute Gasteiger partial charge is 0.494 e. The van der Waals surface area contributed by atoms with Crippen LogP contribution in [-0.2, 0) is 9.47 Å². The molecule has 0 unspecified atom stereocenters. The third-order valence-electron chi connectivity index (χ3n) is 4.96. The molecule has 0 aliphatic carbocycles. The first-order valence-corrected chi connectivity index (χ1v) is 9.57. The molecule has 1 amide bonds. The molecule has 1 spiro atoms. The van der Waals surface area contributed by atoms with E-state index in [1.165, 1.54) is 6.20 Å². The Morgan fingerprint density at radius 1 is 1.14 bits per heavy atom. The van der Waals surface area contributed by atoms with Crippen LogP contribution in [0.5, 0.6) is 5.75 Å². The summed E-state index contributed by atoms with van der Waals surface area (Å²) < 4.78 is 16.9. The standard InChI is InChI=1S/C20H24N4O4/c1-2-26-16-5-3-15(4-6-16)23-19(25)17-13-22-18(14-21-17)24-9-7-20(8-10-24)27-11-12-28-20/h3-6,13-14H,2,7-12H2,1H3,(H,23,25). The van der Waals surface area contributed by atoms with Gasteiger partial charge in [0.15, 0.2) is 5.79 Å². The Labute approximate surface area is 163 Å². The van der Waals surface area contributed by atoms with Gasteiger partial charge < -0.3 is 24.4 Å². The van der Waals surface area contributed by atoms with Crippen LogP contribution in [-0.4, -0.2) is 54.6 Å². The zero-order valence-corrected chi connectivity index (χ0v) is 15.9. The number of benzene rings is 1. The van der Waals surface area contributed by atoms with E-state index in [4.69, 9.17) is 14.2 Å². The van der Waals surface area contributed by atoms with Crippen LogP contribution < -0.4 is 15.0 Å². The van der Waals surface area contributed by atoms with Gasteiger partial charge in [-0.1, -0.05) is 0 Å². The highest BCUT2D eigenvalue weighted by Gasteiger charge is 2.40. The number of piperidine rings is 1. The molecule has 0 bridgehead atoms. The predicted octanol–water partition coefficient (Wildman–Crippen LogP) is 2.47. The van der Waals surface area contributed by atoms with Gasteiger partial charge in [0.1, 0.15) is 17.3 Å². The number of nitrogens with zero attached hydrogens (tertiary/aromatic N) is 3.